The summed E-state index contributed by atoms with van der Waals surface area (Å²) in [5.74, 6) is 1.02. The number of ether oxygens (including phenoxy) is 1. The standard InChI is InChI=1S/C13H18N2O2/c1-17-12-5-3-11(4-6-12)10-15-8-2-7-14-9-13(15)16/h3-6,14H,2,7-10H2,1H3. The van der Waals surface area contributed by atoms with Crippen LogP contribution in [0.25, 0.3) is 0 Å². The van der Waals surface area contributed by atoms with Crippen molar-refractivity contribution in [3.8, 4) is 5.75 Å². The molecule has 2 rings (SSSR count). The Balaban J connectivity index is 2.00. The number of rotatable bonds is 3. The monoisotopic (exact) mass is 234 g/mol. The molecule has 1 N–H and O–H groups in total. The summed E-state index contributed by atoms with van der Waals surface area (Å²) in [5.41, 5.74) is 1.14. The molecular formula is C13H18N2O2. The maximum Gasteiger partial charge on any atom is 0.236 e. The summed E-state index contributed by atoms with van der Waals surface area (Å²) in [7, 11) is 1.65. The molecule has 1 aromatic rings. The van der Waals surface area contributed by atoms with Gasteiger partial charge in [0.2, 0.25) is 5.91 Å². The molecule has 0 aliphatic carbocycles. The summed E-state index contributed by atoms with van der Waals surface area (Å²) >= 11 is 0. The van der Waals surface area contributed by atoms with E-state index in [1.54, 1.807) is 7.11 Å². The summed E-state index contributed by atoms with van der Waals surface area (Å²) in [6.07, 6.45) is 1.02. The van der Waals surface area contributed by atoms with E-state index in [1.807, 2.05) is 29.2 Å². The molecule has 1 aliphatic rings. The van der Waals surface area contributed by atoms with Crippen LogP contribution in [0.3, 0.4) is 0 Å². The van der Waals surface area contributed by atoms with Gasteiger partial charge in [-0.05, 0) is 30.7 Å². The highest BCUT2D eigenvalue weighted by Gasteiger charge is 2.15. The second-order valence-electron chi connectivity index (χ2n) is 4.19. The van der Waals surface area contributed by atoms with Crippen molar-refractivity contribution in [3.63, 3.8) is 0 Å². The van der Waals surface area contributed by atoms with E-state index in [4.69, 9.17) is 4.74 Å². The van der Waals surface area contributed by atoms with Gasteiger partial charge in [-0.25, -0.2) is 0 Å². The van der Waals surface area contributed by atoms with E-state index in [9.17, 15) is 4.79 Å². The van der Waals surface area contributed by atoms with E-state index < -0.39 is 0 Å². The third-order valence-electron chi connectivity index (χ3n) is 2.94. The van der Waals surface area contributed by atoms with Crippen molar-refractivity contribution in [2.45, 2.75) is 13.0 Å². The van der Waals surface area contributed by atoms with Gasteiger partial charge in [0.1, 0.15) is 5.75 Å². The minimum absolute atomic E-state index is 0.179. The zero-order valence-corrected chi connectivity index (χ0v) is 10.1. The molecule has 1 aliphatic heterocycles. The quantitative estimate of drug-likeness (QED) is 0.849. The van der Waals surface area contributed by atoms with E-state index >= 15 is 0 Å². The van der Waals surface area contributed by atoms with Gasteiger partial charge in [-0.1, -0.05) is 12.1 Å². The van der Waals surface area contributed by atoms with Crippen LogP contribution in [0.4, 0.5) is 0 Å². The van der Waals surface area contributed by atoms with Gasteiger partial charge < -0.3 is 15.0 Å². The molecule has 1 aromatic carbocycles. The highest BCUT2D eigenvalue weighted by molar-refractivity contribution is 5.78. The second kappa shape index (κ2) is 5.68. The summed E-state index contributed by atoms with van der Waals surface area (Å²) in [6, 6.07) is 7.86. The molecule has 4 nitrogen and oxygen atoms in total. The Kier molecular flexibility index (Phi) is 3.98. The maximum atomic E-state index is 11.8. The number of nitrogens with one attached hydrogen (secondary N) is 1. The highest BCUT2D eigenvalue weighted by atomic mass is 16.5. The SMILES string of the molecule is COc1ccc(CN2CCCNCC2=O)cc1. The van der Waals surface area contributed by atoms with Crippen LogP contribution in [0.1, 0.15) is 12.0 Å². The molecule has 0 saturated carbocycles. The molecule has 0 unspecified atom stereocenters. The van der Waals surface area contributed by atoms with Gasteiger partial charge in [0.25, 0.3) is 0 Å². The van der Waals surface area contributed by atoms with Crippen LogP contribution in [0, 0.1) is 0 Å². The molecule has 1 fully saturated rings. The first-order valence-electron chi connectivity index (χ1n) is 5.91. The topological polar surface area (TPSA) is 41.6 Å². The molecule has 17 heavy (non-hydrogen) atoms. The average molecular weight is 234 g/mol. The van der Waals surface area contributed by atoms with Gasteiger partial charge in [-0.15, -0.1) is 0 Å². The van der Waals surface area contributed by atoms with Gasteiger partial charge in [0.05, 0.1) is 13.7 Å². The lowest BCUT2D eigenvalue weighted by molar-refractivity contribution is -0.130. The fourth-order valence-electron chi connectivity index (χ4n) is 1.95. The van der Waals surface area contributed by atoms with Crippen LogP contribution in [0.5, 0.6) is 5.75 Å². The molecule has 92 valence electrons. The van der Waals surface area contributed by atoms with E-state index in [2.05, 4.69) is 5.32 Å². The molecule has 0 spiro atoms. The summed E-state index contributed by atoms with van der Waals surface area (Å²) in [4.78, 5) is 13.7. The number of hydrogen-bond acceptors (Lipinski definition) is 3. The summed E-state index contributed by atoms with van der Waals surface area (Å²) in [6.45, 7) is 2.89. The Morgan fingerprint density at radius 3 is 2.82 bits per heavy atom. The molecule has 0 bridgehead atoms. The minimum atomic E-state index is 0.179. The fourth-order valence-corrected chi connectivity index (χ4v) is 1.95. The molecular weight excluding hydrogens is 216 g/mol. The van der Waals surface area contributed by atoms with Crippen molar-refractivity contribution in [2.75, 3.05) is 26.7 Å². The van der Waals surface area contributed by atoms with Crippen molar-refractivity contribution in [1.82, 2.24) is 10.2 Å². The Morgan fingerprint density at radius 2 is 2.12 bits per heavy atom. The van der Waals surface area contributed by atoms with Crippen LogP contribution < -0.4 is 10.1 Å². The van der Waals surface area contributed by atoms with Crippen LogP contribution in [0.2, 0.25) is 0 Å². The van der Waals surface area contributed by atoms with Gasteiger partial charge in [-0.3, -0.25) is 4.79 Å². The lowest BCUT2D eigenvalue weighted by Gasteiger charge is -2.20. The van der Waals surface area contributed by atoms with Crippen molar-refractivity contribution < 1.29 is 9.53 Å². The van der Waals surface area contributed by atoms with E-state index in [0.29, 0.717) is 13.1 Å². The van der Waals surface area contributed by atoms with Crippen molar-refractivity contribution >= 4 is 5.91 Å². The highest BCUT2D eigenvalue weighted by Crippen LogP contribution is 2.13. The normalized spacial score (nSPS) is 16.8. The molecule has 1 heterocycles. The Bertz CT molecular complexity index is 376. The first-order valence-corrected chi connectivity index (χ1v) is 5.91. The molecule has 1 amide bonds. The van der Waals surface area contributed by atoms with Crippen LogP contribution in [-0.2, 0) is 11.3 Å². The van der Waals surface area contributed by atoms with Crippen LogP contribution in [0.15, 0.2) is 24.3 Å². The fraction of sp³-hybridized carbons (Fsp3) is 0.462. The number of benzene rings is 1. The molecule has 1 saturated heterocycles. The summed E-state index contributed by atoms with van der Waals surface area (Å²) in [5, 5.41) is 3.12. The van der Waals surface area contributed by atoms with Gasteiger partial charge in [0, 0.05) is 13.1 Å². The molecule has 0 atom stereocenters. The largest absolute Gasteiger partial charge is 0.497 e. The van der Waals surface area contributed by atoms with Crippen molar-refractivity contribution in [3.05, 3.63) is 29.8 Å². The molecule has 0 radical (unpaired) electrons. The third kappa shape index (κ3) is 3.20. The minimum Gasteiger partial charge on any atom is -0.497 e. The Morgan fingerprint density at radius 1 is 1.35 bits per heavy atom. The van der Waals surface area contributed by atoms with Gasteiger partial charge in [0.15, 0.2) is 0 Å². The van der Waals surface area contributed by atoms with Crippen molar-refractivity contribution in [1.29, 1.82) is 0 Å². The lowest BCUT2D eigenvalue weighted by Crippen LogP contribution is -2.34. The molecule has 0 aromatic heterocycles. The van der Waals surface area contributed by atoms with E-state index in [0.717, 1.165) is 30.8 Å². The van der Waals surface area contributed by atoms with E-state index in [-0.39, 0.29) is 5.91 Å². The first kappa shape index (κ1) is 11.9. The van der Waals surface area contributed by atoms with E-state index in [1.165, 1.54) is 0 Å². The second-order valence-corrected chi connectivity index (χ2v) is 4.19. The predicted octanol–water partition coefficient (Wildman–Crippen LogP) is 1.02. The third-order valence-corrected chi connectivity index (χ3v) is 2.94. The Hall–Kier alpha value is -1.55. The zero-order valence-electron chi connectivity index (χ0n) is 10.1. The number of amides is 1. The zero-order chi connectivity index (χ0) is 12.1. The first-order chi connectivity index (χ1) is 8.29. The Labute approximate surface area is 102 Å². The van der Waals surface area contributed by atoms with Crippen molar-refractivity contribution in [2.24, 2.45) is 0 Å². The van der Waals surface area contributed by atoms with Gasteiger partial charge >= 0.3 is 0 Å². The predicted molar refractivity (Wildman–Crippen MR) is 65.9 cm³/mol. The number of carbonyl (C=O) groups is 1. The number of nitrogens with zero attached hydrogens (tertiary/aromatic N) is 1. The number of methoxy groups -OCH3 is 1. The van der Waals surface area contributed by atoms with Crippen LogP contribution >= 0.6 is 0 Å². The smallest absolute Gasteiger partial charge is 0.236 e. The van der Waals surface area contributed by atoms with Crippen LogP contribution in [-0.4, -0.2) is 37.6 Å². The maximum absolute atomic E-state index is 11.8. The average Bonchev–Trinajstić information content (AvgIpc) is 2.56. The number of carbonyl (C=O) groups excluding carboxylic acids is 1. The number of hydrogen-bond donors (Lipinski definition) is 1. The lowest BCUT2D eigenvalue weighted by atomic mass is 10.2. The van der Waals surface area contributed by atoms with Gasteiger partial charge in [-0.2, -0.15) is 0 Å². The summed E-state index contributed by atoms with van der Waals surface area (Å²) < 4.78 is 5.11. The molecule has 4 heteroatoms.